The molecule has 3 aromatic carbocycles. The third-order valence-corrected chi connectivity index (χ3v) is 6.70. The molecule has 3 aromatic rings. The van der Waals surface area contributed by atoms with Gasteiger partial charge in [0.1, 0.15) is 30.3 Å². The molecule has 1 heterocycles. The molecule has 1 saturated heterocycles. The summed E-state index contributed by atoms with van der Waals surface area (Å²) in [5, 5.41) is 1.12. The zero-order valence-electron chi connectivity index (χ0n) is 19.9. The molecule has 1 aliphatic rings. The first kappa shape index (κ1) is 26.5. The Morgan fingerprint density at radius 3 is 2.24 bits per heavy atom. The summed E-state index contributed by atoms with van der Waals surface area (Å²) in [6, 6.07) is 19.4. The molecule has 190 valence electrons. The summed E-state index contributed by atoms with van der Waals surface area (Å²) in [6.45, 7) is 0.109. The lowest BCUT2D eigenvalue weighted by Gasteiger charge is -2.19. The Kier molecular flexibility index (Phi) is 8.33. The first-order valence-electron chi connectivity index (χ1n) is 11.1. The molecule has 7 nitrogen and oxygen atoms in total. The average Bonchev–Trinajstić information content (AvgIpc) is 3.13. The van der Waals surface area contributed by atoms with Crippen LogP contribution in [0.3, 0.4) is 0 Å². The fourth-order valence-electron chi connectivity index (χ4n) is 3.60. The minimum absolute atomic E-state index is 0.174. The van der Waals surface area contributed by atoms with E-state index in [0.717, 1.165) is 11.1 Å². The van der Waals surface area contributed by atoms with E-state index in [1.54, 1.807) is 73.8 Å². The van der Waals surface area contributed by atoms with Gasteiger partial charge in [-0.1, -0.05) is 41.4 Å². The van der Waals surface area contributed by atoms with Crippen LogP contribution in [0.4, 0.5) is 5.69 Å². The van der Waals surface area contributed by atoms with Crippen molar-refractivity contribution in [3.63, 3.8) is 0 Å². The van der Waals surface area contributed by atoms with Gasteiger partial charge in [-0.25, -0.2) is 0 Å². The summed E-state index contributed by atoms with van der Waals surface area (Å²) < 4.78 is 15.8. The third-order valence-electron chi connectivity index (χ3n) is 5.55. The molecule has 4 rings (SSSR count). The summed E-state index contributed by atoms with van der Waals surface area (Å²) in [4.78, 5) is 28.4. The highest BCUT2D eigenvalue weighted by Crippen LogP contribution is 2.31. The second-order valence-corrected chi connectivity index (χ2v) is 9.10. The first-order valence-corrected chi connectivity index (χ1v) is 12.2. The number of hydrogen-bond donors (Lipinski definition) is 0. The van der Waals surface area contributed by atoms with Crippen LogP contribution >= 0.6 is 35.4 Å². The van der Waals surface area contributed by atoms with Crippen LogP contribution in [-0.2, 0) is 20.9 Å². The van der Waals surface area contributed by atoms with Gasteiger partial charge in [-0.3, -0.25) is 14.5 Å². The number of ether oxygens (including phenoxy) is 3. The Hall–Kier alpha value is -3.59. The lowest BCUT2D eigenvalue weighted by Crippen LogP contribution is -2.35. The Labute approximate surface area is 229 Å². The van der Waals surface area contributed by atoms with E-state index in [0.29, 0.717) is 33.8 Å². The number of nitrogens with zero attached hydrogens (tertiary/aromatic N) is 2. The highest BCUT2D eigenvalue weighted by molar-refractivity contribution is 7.80. The molecular formula is C27H22Cl2N2O5S. The quantitative estimate of drug-likeness (QED) is 0.199. The van der Waals surface area contributed by atoms with Crippen molar-refractivity contribution < 1.29 is 23.8 Å². The van der Waals surface area contributed by atoms with Gasteiger partial charge in [0.05, 0.1) is 30.0 Å². The maximum atomic E-state index is 13.4. The minimum Gasteiger partial charge on any atom is -0.497 e. The highest BCUT2D eigenvalue weighted by atomic mass is 35.5. The topological polar surface area (TPSA) is 68.3 Å². The molecule has 1 fully saturated rings. The van der Waals surface area contributed by atoms with E-state index in [-0.39, 0.29) is 23.3 Å². The molecule has 0 aliphatic carbocycles. The highest BCUT2D eigenvalue weighted by Gasteiger charge is 2.40. The molecule has 10 heteroatoms. The number of amides is 1. The number of carbonyl (C=O) groups is 2. The summed E-state index contributed by atoms with van der Waals surface area (Å²) in [5.74, 6) is 0.389. The van der Waals surface area contributed by atoms with Gasteiger partial charge < -0.3 is 19.1 Å². The van der Waals surface area contributed by atoms with Crippen LogP contribution in [0.1, 0.15) is 11.1 Å². The van der Waals surface area contributed by atoms with Crippen molar-refractivity contribution in [1.29, 1.82) is 0 Å². The first-order chi connectivity index (χ1) is 17.8. The second-order valence-electron chi connectivity index (χ2n) is 7.92. The normalized spacial score (nSPS) is 14.3. The molecule has 0 bridgehead atoms. The molecule has 1 amide bonds. The number of anilines is 1. The number of halogens is 2. The zero-order valence-corrected chi connectivity index (χ0v) is 22.3. The van der Waals surface area contributed by atoms with Crippen LogP contribution in [0.5, 0.6) is 11.5 Å². The van der Waals surface area contributed by atoms with E-state index in [1.165, 1.54) is 16.9 Å². The van der Waals surface area contributed by atoms with Crippen LogP contribution in [-0.4, -0.2) is 42.7 Å². The number of rotatable bonds is 8. The fourth-order valence-corrected chi connectivity index (χ4v) is 4.27. The smallest absolute Gasteiger partial charge is 0.325 e. The lowest BCUT2D eigenvalue weighted by atomic mass is 10.1. The molecule has 0 unspecified atom stereocenters. The van der Waals surface area contributed by atoms with Crippen molar-refractivity contribution in [3.05, 3.63) is 93.6 Å². The minimum atomic E-state index is -0.524. The van der Waals surface area contributed by atoms with Crippen molar-refractivity contribution >= 4 is 64.2 Å². The molecule has 37 heavy (non-hydrogen) atoms. The van der Waals surface area contributed by atoms with Gasteiger partial charge in [-0.05, 0) is 78.0 Å². The summed E-state index contributed by atoms with van der Waals surface area (Å²) >= 11 is 17.6. The van der Waals surface area contributed by atoms with Gasteiger partial charge in [0.25, 0.3) is 5.91 Å². The molecule has 0 spiro atoms. The Morgan fingerprint density at radius 2 is 1.62 bits per heavy atom. The number of benzene rings is 3. The lowest BCUT2D eigenvalue weighted by molar-refractivity contribution is -0.140. The van der Waals surface area contributed by atoms with Gasteiger partial charge in [-0.15, -0.1) is 0 Å². The number of carbonyl (C=O) groups excluding carboxylic acids is 2. The van der Waals surface area contributed by atoms with E-state index < -0.39 is 5.97 Å². The van der Waals surface area contributed by atoms with Gasteiger partial charge >= 0.3 is 5.97 Å². The van der Waals surface area contributed by atoms with Crippen molar-refractivity contribution in [2.24, 2.45) is 0 Å². The van der Waals surface area contributed by atoms with E-state index in [4.69, 9.17) is 49.6 Å². The maximum absolute atomic E-state index is 13.4. The van der Waals surface area contributed by atoms with Crippen molar-refractivity contribution in [2.75, 3.05) is 25.7 Å². The van der Waals surface area contributed by atoms with Crippen LogP contribution < -0.4 is 14.4 Å². The molecule has 0 atom stereocenters. The van der Waals surface area contributed by atoms with Crippen molar-refractivity contribution in [1.82, 2.24) is 4.90 Å². The molecule has 0 saturated carbocycles. The monoisotopic (exact) mass is 556 g/mol. The summed E-state index contributed by atoms with van der Waals surface area (Å²) in [6.07, 6.45) is 1.67. The van der Waals surface area contributed by atoms with Gasteiger partial charge in [0.2, 0.25) is 0 Å². The number of thiocarbonyl (C=S) groups is 1. The standard InChI is InChI=1S/C27H22Cl2N2O5S/c1-34-20-10-6-19(7-11-20)31-26(33)24(30(27(31)37)15-25(32)35-2)14-17-3-8-21(9-4-17)36-16-18-5-12-22(28)23(29)13-18/h3-14H,15-16H2,1-2H3/b24-14-. The van der Waals surface area contributed by atoms with E-state index in [1.807, 2.05) is 6.07 Å². The predicted molar refractivity (Wildman–Crippen MR) is 147 cm³/mol. The van der Waals surface area contributed by atoms with Gasteiger partial charge in [0, 0.05) is 0 Å². The average molecular weight is 557 g/mol. The summed E-state index contributed by atoms with van der Waals surface area (Å²) in [5.41, 5.74) is 2.40. The molecule has 0 N–H and O–H groups in total. The fraction of sp³-hybridized carbons (Fsp3) is 0.148. The van der Waals surface area contributed by atoms with Crippen LogP contribution in [0.25, 0.3) is 6.08 Å². The molecule has 1 aliphatic heterocycles. The SMILES string of the molecule is COC(=O)CN1C(=S)N(c2ccc(OC)cc2)C(=O)/C1=C/c1ccc(OCc2ccc(Cl)c(Cl)c2)cc1. The van der Waals surface area contributed by atoms with E-state index in [2.05, 4.69) is 0 Å². The number of methoxy groups -OCH3 is 2. The zero-order chi connectivity index (χ0) is 26.5. The molecular weight excluding hydrogens is 535 g/mol. The second kappa shape index (κ2) is 11.6. The Morgan fingerprint density at radius 1 is 0.946 bits per heavy atom. The largest absolute Gasteiger partial charge is 0.497 e. The third kappa shape index (κ3) is 6.05. The number of hydrogen-bond acceptors (Lipinski definition) is 6. The van der Waals surface area contributed by atoms with Gasteiger partial charge in [-0.2, -0.15) is 0 Å². The van der Waals surface area contributed by atoms with Crippen LogP contribution in [0, 0.1) is 0 Å². The molecule has 0 radical (unpaired) electrons. The predicted octanol–water partition coefficient (Wildman–Crippen LogP) is 5.73. The number of esters is 1. The Balaban J connectivity index is 1.56. The summed E-state index contributed by atoms with van der Waals surface area (Å²) in [7, 11) is 2.84. The van der Waals surface area contributed by atoms with Crippen LogP contribution in [0.15, 0.2) is 72.4 Å². The van der Waals surface area contributed by atoms with E-state index >= 15 is 0 Å². The van der Waals surface area contributed by atoms with Crippen molar-refractivity contribution in [2.45, 2.75) is 6.61 Å². The van der Waals surface area contributed by atoms with Crippen LogP contribution in [0.2, 0.25) is 10.0 Å². The maximum Gasteiger partial charge on any atom is 0.325 e. The Bertz CT molecular complexity index is 1360. The van der Waals surface area contributed by atoms with Crippen molar-refractivity contribution in [3.8, 4) is 11.5 Å². The molecule has 0 aromatic heterocycles. The van der Waals surface area contributed by atoms with Gasteiger partial charge in [0.15, 0.2) is 5.11 Å². The van der Waals surface area contributed by atoms with E-state index in [9.17, 15) is 9.59 Å².